The SMILES string of the molecule is Cc1ccc(C2=N[C@H](c3cc(Br)ccc3F)N[C@H](c3cc(Cl)ccc3O)C2)cc1. The molecule has 0 radical (unpaired) electrons. The van der Waals surface area contributed by atoms with Crippen LogP contribution in [0.3, 0.4) is 0 Å². The summed E-state index contributed by atoms with van der Waals surface area (Å²) in [7, 11) is 0. The van der Waals surface area contributed by atoms with Crippen molar-refractivity contribution in [3.8, 4) is 5.75 Å². The summed E-state index contributed by atoms with van der Waals surface area (Å²) < 4.78 is 15.4. The molecule has 0 saturated heterocycles. The van der Waals surface area contributed by atoms with Gasteiger partial charge in [-0.1, -0.05) is 57.4 Å². The minimum Gasteiger partial charge on any atom is -0.508 e. The number of hydrogen-bond acceptors (Lipinski definition) is 3. The summed E-state index contributed by atoms with van der Waals surface area (Å²) >= 11 is 9.58. The topological polar surface area (TPSA) is 44.6 Å². The van der Waals surface area contributed by atoms with Crippen LogP contribution in [0.15, 0.2) is 70.1 Å². The molecular weight excluding hydrogens is 455 g/mol. The molecule has 0 saturated carbocycles. The highest BCUT2D eigenvalue weighted by Crippen LogP contribution is 2.36. The van der Waals surface area contributed by atoms with Gasteiger partial charge in [0.2, 0.25) is 0 Å². The second-order valence-electron chi connectivity index (χ2n) is 7.14. The van der Waals surface area contributed by atoms with Gasteiger partial charge in [-0.05, 0) is 48.9 Å². The standard InChI is InChI=1S/C23H19BrClFN2O/c1-13-2-4-14(5-3-13)20-12-21(18-11-16(25)7-9-22(18)29)28-23(27-20)17-10-15(24)6-8-19(17)26/h2-11,21,23,28-29H,12H2,1H3/t21-,23-/m0/s1. The number of nitrogens with one attached hydrogen (secondary N) is 1. The molecule has 0 aromatic heterocycles. The second-order valence-corrected chi connectivity index (χ2v) is 8.49. The van der Waals surface area contributed by atoms with Gasteiger partial charge in [-0.25, -0.2) is 4.39 Å². The van der Waals surface area contributed by atoms with Crippen molar-refractivity contribution in [1.29, 1.82) is 0 Å². The molecule has 1 heterocycles. The number of aliphatic imine (C=N–C) groups is 1. The Balaban J connectivity index is 1.80. The van der Waals surface area contributed by atoms with E-state index in [0.29, 0.717) is 22.6 Å². The van der Waals surface area contributed by atoms with Crippen molar-refractivity contribution >= 4 is 33.2 Å². The van der Waals surface area contributed by atoms with Gasteiger partial charge in [0.1, 0.15) is 17.7 Å². The van der Waals surface area contributed by atoms with Crippen molar-refractivity contribution < 1.29 is 9.50 Å². The van der Waals surface area contributed by atoms with Crippen molar-refractivity contribution in [3.63, 3.8) is 0 Å². The van der Waals surface area contributed by atoms with Gasteiger partial charge in [0.25, 0.3) is 0 Å². The summed E-state index contributed by atoms with van der Waals surface area (Å²) in [5, 5.41) is 14.3. The number of phenolic OH excluding ortho intramolecular Hbond substituents is 1. The van der Waals surface area contributed by atoms with Crippen LogP contribution in [0.4, 0.5) is 4.39 Å². The predicted octanol–water partition coefficient (Wildman–Crippen LogP) is 6.48. The maximum atomic E-state index is 14.6. The molecule has 2 atom stereocenters. The third kappa shape index (κ3) is 4.37. The summed E-state index contributed by atoms with van der Waals surface area (Å²) in [6, 6.07) is 17.6. The lowest BCUT2D eigenvalue weighted by Gasteiger charge is -2.31. The molecule has 0 spiro atoms. The Bertz CT molecular complexity index is 1080. The van der Waals surface area contributed by atoms with E-state index in [1.807, 2.05) is 31.2 Å². The fourth-order valence-corrected chi connectivity index (χ4v) is 4.07. The number of phenols is 1. The molecule has 148 valence electrons. The van der Waals surface area contributed by atoms with E-state index in [-0.39, 0.29) is 17.6 Å². The Morgan fingerprint density at radius 2 is 1.83 bits per heavy atom. The van der Waals surface area contributed by atoms with E-state index < -0.39 is 6.17 Å². The molecule has 1 aliphatic heterocycles. The highest BCUT2D eigenvalue weighted by Gasteiger charge is 2.29. The molecule has 0 amide bonds. The van der Waals surface area contributed by atoms with Crippen LogP contribution in [0.2, 0.25) is 5.02 Å². The summed E-state index contributed by atoms with van der Waals surface area (Å²) in [5.41, 5.74) is 4.08. The van der Waals surface area contributed by atoms with Crippen molar-refractivity contribution in [2.24, 2.45) is 4.99 Å². The zero-order chi connectivity index (χ0) is 20.5. The van der Waals surface area contributed by atoms with Crippen LogP contribution < -0.4 is 5.32 Å². The lowest BCUT2D eigenvalue weighted by molar-refractivity contribution is 0.405. The summed E-state index contributed by atoms with van der Waals surface area (Å²) in [6.07, 6.45) is -0.0516. The van der Waals surface area contributed by atoms with Gasteiger partial charge in [-0.2, -0.15) is 0 Å². The lowest BCUT2D eigenvalue weighted by Crippen LogP contribution is -2.33. The van der Waals surface area contributed by atoms with Crippen LogP contribution in [0.5, 0.6) is 5.75 Å². The van der Waals surface area contributed by atoms with Gasteiger partial charge in [-0.3, -0.25) is 10.3 Å². The van der Waals surface area contributed by atoms with E-state index in [9.17, 15) is 9.50 Å². The number of aromatic hydroxyl groups is 1. The lowest BCUT2D eigenvalue weighted by atomic mass is 9.93. The molecule has 3 aromatic carbocycles. The highest BCUT2D eigenvalue weighted by atomic mass is 79.9. The number of hydrogen-bond donors (Lipinski definition) is 2. The molecule has 3 aromatic rings. The monoisotopic (exact) mass is 472 g/mol. The van der Waals surface area contributed by atoms with Gasteiger partial charge >= 0.3 is 0 Å². The number of benzene rings is 3. The normalized spacial score (nSPS) is 19.1. The molecule has 1 aliphatic rings. The maximum Gasteiger partial charge on any atom is 0.129 e. The predicted molar refractivity (Wildman–Crippen MR) is 118 cm³/mol. The van der Waals surface area contributed by atoms with E-state index in [4.69, 9.17) is 16.6 Å². The van der Waals surface area contributed by atoms with Crippen LogP contribution in [0, 0.1) is 12.7 Å². The fraction of sp³-hybridized carbons (Fsp3) is 0.174. The number of halogens is 3. The Morgan fingerprint density at radius 1 is 1.07 bits per heavy atom. The fourth-order valence-electron chi connectivity index (χ4n) is 3.51. The van der Waals surface area contributed by atoms with Crippen molar-refractivity contribution in [3.05, 3.63) is 98.2 Å². The first-order valence-electron chi connectivity index (χ1n) is 9.24. The zero-order valence-electron chi connectivity index (χ0n) is 15.7. The van der Waals surface area contributed by atoms with Gasteiger partial charge in [0.15, 0.2) is 0 Å². The van der Waals surface area contributed by atoms with E-state index in [2.05, 4.69) is 21.2 Å². The number of aryl methyl sites for hydroxylation is 1. The molecule has 4 rings (SSSR count). The Labute approximate surface area is 182 Å². The van der Waals surface area contributed by atoms with Gasteiger partial charge in [-0.15, -0.1) is 0 Å². The van der Waals surface area contributed by atoms with Gasteiger partial charge in [0.05, 0.1) is 0 Å². The first-order valence-corrected chi connectivity index (χ1v) is 10.4. The molecular formula is C23H19BrClFN2O. The third-order valence-electron chi connectivity index (χ3n) is 5.04. The molecule has 6 heteroatoms. The molecule has 0 unspecified atom stereocenters. The van der Waals surface area contributed by atoms with Crippen molar-refractivity contribution in [2.45, 2.75) is 25.6 Å². The van der Waals surface area contributed by atoms with Crippen LogP contribution in [0.25, 0.3) is 0 Å². The quantitative estimate of drug-likeness (QED) is 0.457. The zero-order valence-corrected chi connectivity index (χ0v) is 18.0. The molecule has 0 aliphatic carbocycles. The summed E-state index contributed by atoms with van der Waals surface area (Å²) in [6.45, 7) is 2.03. The minimum atomic E-state index is -0.596. The molecule has 3 nitrogen and oxygen atoms in total. The Kier molecular flexibility index (Phi) is 5.72. The summed E-state index contributed by atoms with van der Waals surface area (Å²) in [4.78, 5) is 4.81. The largest absolute Gasteiger partial charge is 0.508 e. The van der Waals surface area contributed by atoms with Crippen LogP contribution in [-0.4, -0.2) is 10.8 Å². The molecule has 0 bridgehead atoms. The smallest absolute Gasteiger partial charge is 0.129 e. The van der Waals surface area contributed by atoms with Crippen LogP contribution in [0.1, 0.15) is 40.9 Å². The minimum absolute atomic E-state index is 0.144. The average molecular weight is 474 g/mol. The van der Waals surface area contributed by atoms with E-state index >= 15 is 0 Å². The highest BCUT2D eigenvalue weighted by molar-refractivity contribution is 9.10. The number of nitrogens with zero attached hydrogens (tertiary/aromatic N) is 1. The molecule has 2 N–H and O–H groups in total. The maximum absolute atomic E-state index is 14.6. The first-order chi connectivity index (χ1) is 13.9. The van der Waals surface area contributed by atoms with Crippen LogP contribution >= 0.6 is 27.5 Å². The average Bonchev–Trinajstić information content (AvgIpc) is 2.72. The van der Waals surface area contributed by atoms with Crippen LogP contribution in [-0.2, 0) is 0 Å². The van der Waals surface area contributed by atoms with E-state index in [0.717, 1.165) is 21.3 Å². The molecule has 29 heavy (non-hydrogen) atoms. The Hall–Kier alpha value is -2.21. The first kappa shape index (κ1) is 20.1. The molecule has 0 fully saturated rings. The Morgan fingerprint density at radius 3 is 2.59 bits per heavy atom. The van der Waals surface area contributed by atoms with Crippen molar-refractivity contribution in [2.75, 3.05) is 0 Å². The van der Waals surface area contributed by atoms with Gasteiger partial charge < -0.3 is 5.11 Å². The third-order valence-corrected chi connectivity index (χ3v) is 5.77. The second kappa shape index (κ2) is 8.27. The van der Waals surface area contributed by atoms with Gasteiger partial charge in [0, 0.05) is 38.8 Å². The summed E-state index contributed by atoms with van der Waals surface area (Å²) in [5.74, 6) is -0.195. The van der Waals surface area contributed by atoms with E-state index in [1.165, 1.54) is 6.07 Å². The van der Waals surface area contributed by atoms with Crippen molar-refractivity contribution in [1.82, 2.24) is 5.32 Å². The number of rotatable bonds is 3. The van der Waals surface area contributed by atoms with E-state index in [1.54, 1.807) is 30.3 Å².